The van der Waals surface area contributed by atoms with Gasteiger partial charge >= 0.3 is 5.97 Å². The van der Waals surface area contributed by atoms with Crippen molar-refractivity contribution in [1.82, 2.24) is 4.90 Å². The topological polar surface area (TPSA) is 29.5 Å². The summed E-state index contributed by atoms with van der Waals surface area (Å²) in [5.41, 5.74) is 0.796. The fourth-order valence-corrected chi connectivity index (χ4v) is 1.79. The Morgan fingerprint density at radius 2 is 2.17 bits per heavy atom. The van der Waals surface area contributed by atoms with Gasteiger partial charge in [-0.1, -0.05) is 24.6 Å². The van der Waals surface area contributed by atoms with Gasteiger partial charge < -0.3 is 4.74 Å². The van der Waals surface area contributed by atoms with E-state index in [4.69, 9.17) is 16.3 Å². The lowest BCUT2D eigenvalue weighted by Gasteiger charge is -2.19. The third-order valence-electron chi connectivity index (χ3n) is 2.51. The molecule has 0 aliphatic heterocycles. The molecule has 0 aliphatic rings. The summed E-state index contributed by atoms with van der Waals surface area (Å²) < 4.78 is 17.8. The van der Waals surface area contributed by atoms with Gasteiger partial charge in [0, 0.05) is 11.6 Å². The number of carbonyl (C=O) groups excluding carboxylic acids is 1. The molecule has 0 heterocycles. The number of hydrogen-bond donors (Lipinski definition) is 0. The lowest BCUT2D eigenvalue weighted by Crippen LogP contribution is -2.30. The second-order valence-corrected chi connectivity index (χ2v) is 4.25. The van der Waals surface area contributed by atoms with Crippen molar-refractivity contribution >= 4 is 17.6 Å². The predicted molar refractivity (Wildman–Crippen MR) is 69.0 cm³/mol. The van der Waals surface area contributed by atoms with Crippen LogP contribution in [0.25, 0.3) is 0 Å². The molecule has 1 rings (SSSR count). The van der Waals surface area contributed by atoms with Crippen LogP contribution in [0, 0.1) is 5.82 Å². The molecule has 0 aromatic heterocycles. The molecule has 0 saturated carbocycles. The minimum atomic E-state index is -0.364. The van der Waals surface area contributed by atoms with Crippen LogP contribution in [0.4, 0.5) is 4.39 Å². The third-order valence-corrected chi connectivity index (χ3v) is 2.87. The molecule has 0 bridgehead atoms. The predicted octanol–water partition coefficient (Wildman–Crippen LogP) is 2.86. The zero-order valence-corrected chi connectivity index (χ0v) is 11.3. The summed E-state index contributed by atoms with van der Waals surface area (Å²) in [5.74, 6) is -0.630. The minimum Gasteiger partial charge on any atom is -0.465 e. The second kappa shape index (κ2) is 7.34. The molecule has 5 heteroatoms. The first-order valence-corrected chi connectivity index (χ1v) is 6.26. The number of likely N-dealkylation sites (N-methyl/N-ethyl adjacent to an activating group) is 1. The van der Waals surface area contributed by atoms with E-state index < -0.39 is 0 Å². The average molecular weight is 274 g/mol. The smallest absolute Gasteiger partial charge is 0.320 e. The van der Waals surface area contributed by atoms with Crippen molar-refractivity contribution < 1.29 is 13.9 Å². The van der Waals surface area contributed by atoms with Crippen LogP contribution in [0.1, 0.15) is 19.4 Å². The second-order valence-electron chi connectivity index (χ2n) is 3.84. The molecule has 0 atom stereocenters. The van der Waals surface area contributed by atoms with Gasteiger partial charge in [0.1, 0.15) is 5.82 Å². The van der Waals surface area contributed by atoms with Gasteiger partial charge in [0.05, 0.1) is 13.2 Å². The van der Waals surface area contributed by atoms with Gasteiger partial charge in [0.25, 0.3) is 0 Å². The monoisotopic (exact) mass is 273 g/mol. The molecule has 18 heavy (non-hydrogen) atoms. The van der Waals surface area contributed by atoms with E-state index in [0.29, 0.717) is 24.7 Å². The Balaban J connectivity index is 2.65. The van der Waals surface area contributed by atoms with Crippen molar-refractivity contribution in [3.63, 3.8) is 0 Å². The summed E-state index contributed by atoms with van der Waals surface area (Å²) in [6.45, 7) is 5.47. The Hall–Kier alpha value is -1.13. The summed E-state index contributed by atoms with van der Waals surface area (Å²) in [6, 6.07) is 4.26. The highest BCUT2D eigenvalue weighted by Crippen LogP contribution is 2.18. The lowest BCUT2D eigenvalue weighted by atomic mass is 10.2. The van der Waals surface area contributed by atoms with Gasteiger partial charge in [-0.2, -0.15) is 0 Å². The summed E-state index contributed by atoms with van der Waals surface area (Å²) in [7, 11) is 0. The first-order chi connectivity index (χ1) is 8.56. The SMILES string of the molecule is CCOC(=O)CN(CC)Cc1ccc(F)cc1Cl. The van der Waals surface area contributed by atoms with E-state index in [1.807, 2.05) is 11.8 Å². The number of benzene rings is 1. The molecule has 1 aromatic carbocycles. The van der Waals surface area contributed by atoms with Crippen molar-refractivity contribution in [2.75, 3.05) is 19.7 Å². The Kier molecular flexibility index (Phi) is 6.09. The van der Waals surface area contributed by atoms with E-state index in [1.54, 1.807) is 13.0 Å². The number of ether oxygens (including phenoxy) is 1. The molecular weight excluding hydrogens is 257 g/mol. The summed E-state index contributed by atoms with van der Waals surface area (Å²) in [5, 5.41) is 0.373. The molecule has 1 aromatic rings. The van der Waals surface area contributed by atoms with E-state index in [1.165, 1.54) is 12.1 Å². The minimum absolute atomic E-state index is 0.206. The maximum Gasteiger partial charge on any atom is 0.320 e. The van der Waals surface area contributed by atoms with Gasteiger partial charge in [-0.15, -0.1) is 0 Å². The molecule has 3 nitrogen and oxygen atoms in total. The summed E-state index contributed by atoms with van der Waals surface area (Å²) in [4.78, 5) is 13.3. The quantitative estimate of drug-likeness (QED) is 0.747. The maximum absolute atomic E-state index is 12.9. The Morgan fingerprint density at radius 1 is 1.44 bits per heavy atom. The molecule has 0 radical (unpaired) electrons. The van der Waals surface area contributed by atoms with Crippen molar-refractivity contribution in [1.29, 1.82) is 0 Å². The van der Waals surface area contributed by atoms with Crippen molar-refractivity contribution in [2.24, 2.45) is 0 Å². The molecule has 100 valence electrons. The number of nitrogens with zero attached hydrogens (tertiary/aromatic N) is 1. The molecule has 0 aliphatic carbocycles. The molecule has 0 spiro atoms. The average Bonchev–Trinajstić information content (AvgIpc) is 2.31. The van der Waals surface area contributed by atoms with Crippen molar-refractivity contribution in [3.05, 3.63) is 34.6 Å². The van der Waals surface area contributed by atoms with E-state index in [-0.39, 0.29) is 18.3 Å². The van der Waals surface area contributed by atoms with Gasteiger partial charge in [-0.25, -0.2) is 4.39 Å². The van der Waals surface area contributed by atoms with Crippen LogP contribution < -0.4 is 0 Å². The molecule has 0 N–H and O–H groups in total. The number of halogens is 2. The summed E-state index contributed by atoms with van der Waals surface area (Å²) >= 11 is 5.95. The Labute approximate surface area is 111 Å². The Morgan fingerprint density at radius 3 is 2.72 bits per heavy atom. The maximum atomic E-state index is 12.9. The number of hydrogen-bond acceptors (Lipinski definition) is 3. The largest absolute Gasteiger partial charge is 0.465 e. The fraction of sp³-hybridized carbons (Fsp3) is 0.462. The number of rotatable bonds is 6. The number of carbonyl (C=O) groups is 1. The van der Waals surface area contributed by atoms with E-state index >= 15 is 0 Å². The molecule has 0 fully saturated rings. The molecule has 0 saturated heterocycles. The summed E-state index contributed by atoms with van der Waals surface area (Å²) in [6.07, 6.45) is 0. The highest BCUT2D eigenvalue weighted by Gasteiger charge is 2.12. The van der Waals surface area contributed by atoms with E-state index in [2.05, 4.69) is 0 Å². The van der Waals surface area contributed by atoms with Crippen molar-refractivity contribution in [2.45, 2.75) is 20.4 Å². The van der Waals surface area contributed by atoms with Crippen LogP contribution in [0.3, 0.4) is 0 Å². The highest BCUT2D eigenvalue weighted by atomic mass is 35.5. The first kappa shape index (κ1) is 14.9. The van der Waals surface area contributed by atoms with E-state index in [0.717, 1.165) is 5.56 Å². The normalized spacial score (nSPS) is 10.7. The van der Waals surface area contributed by atoms with Crippen LogP contribution in [0.15, 0.2) is 18.2 Å². The highest BCUT2D eigenvalue weighted by molar-refractivity contribution is 6.31. The van der Waals surface area contributed by atoms with Gasteiger partial charge in [-0.05, 0) is 31.2 Å². The zero-order valence-electron chi connectivity index (χ0n) is 10.6. The number of esters is 1. The van der Waals surface area contributed by atoms with Crippen LogP contribution in [-0.2, 0) is 16.1 Å². The zero-order chi connectivity index (χ0) is 13.5. The lowest BCUT2D eigenvalue weighted by molar-refractivity contribution is -0.144. The molecule has 0 amide bonds. The Bertz CT molecular complexity index is 412. The molecular formula is C13H17ClFNO2. The van der Waals surface area contributed by atoms with Gasteiger partial charge in [-0.3, -0.25) is 9.69 Å². The van der Waals surface area contributed by atoms with Crippen LogP contribution in [0.5, 0.6) is 0 Å². The van der Waals surface area contributed by atoms with E-state index in [9.17, 15) is 9.18 Å². The molecule has 0 unspecified atom stereocenters. The van der Waals surface area contributed by atoms with Crippen LogP contribution in [-0.4, -0.2) is 30.6 Å². The standard InChI is InChI=1S/C13H17ClFNO2/c1-3-16(9-13(17)18-4-2)8-10-5-6-11(15)7-12(10)14/h5-7H,3-4,8-9H2,1-2H3. The third kappa shape index (κ3) is 4.63. The van der Waals surface area contributed by atoms with Crippen molar-refractivity contribution in [3.8, 4) is 0 Å². The fourth-order valence-electron chi connectivity index (χ4n) is 1.56. The van der Waals surface area contributed by atoms with Gasteiger partial charge in [0.2, 0.25) is 0 Å². The first-order valence-electron chi connectivity index (χ1n) is 5.88. The van der Waals surface area contributed by atoms with Gasteiger partial charge in [0.15, 0.2) is 0 Å². The van der Waals surface area contributed by atoms with Crippen LogP contribution in [0.2, 0.25) is 5.02 Å². The van der Waals surface area contributed by atoms with Crippen LogP contribution >= 0.6 is 11.6 Å².